The Morgan fingerprint density at radius 1 is 1.48 bits per heavy atom. The molecule has 0 radical (unpaired) electrons. The average Bonchev–Trinajstić information content (AvgIpc) is 2.72. The molecular weight excluding hydrogens is 392 g/mol. The number of aliphatic imine (C=N–C) groups is 1. The van der Waals surface area contributed by atoms with Gasteiger partial charge in [0.15, 0.2) is 0 Å². The normalized spacial score (nSPS) is 18.5. The van der Waals surface area contributed by atoms with Gasteiger partial charge >= 0.3 is 0 Å². The van der Waals surface area contributed by atoms with Crippen LogP contribution in [0.1, 0.15) is 35.8 Å². The number of halogens is 1. The summed E-state index contributed by atoms with van der Waals surface area (Å²) in [6.07, 6.45) is 0. The molecule has 2 unspecified atom stereocenters. The van der Waals surface area contributed by atoms with Crippen LogP contribution >= 0.6 is 11.6 Å². The zero-order valence-corrected chi connectivity index (χ0v) is 17.6. The van der Waals surface area contributed by atoms with E-state index in [0.29, 0.717) is 35.6 Å². The third-order valence-electron chi connectivity index (χ3n) is 4.96. The minimum absolute atomic E-state index is 0.0573. The Balaban J connectivity index is 2.03. The van der Waals surface area contributed by atoms with Crippen molar-refractivity contribution < 1.29 is 9.94 Å². The van der Waals surface area contributed by atoms with Crippen LogP contribution in [-0.4, -0.2) is 47.8 Å². The molecular formula is C20H27ClN6O2. The Morgan fingerprint density at radius 2 is 2.28 bits per heavy atom. The number of hydroxylamine groups is 1. The van der Waals surface area contributed by atoms with E-state index in [1.54, 1.807) is 0 Å². The molecule has 9 heteroatoms. The van der Waals surface area contributed by atoms with Crippen LogP contribution < -0.4 is 21.3 Å². The number of hydrogen-bond donors (Lipinski definition) is 4. The van der Waals surface area contributed by atoms with Crippen molar-refractivity contribution in [2.24, 2.45) is 10.7 Å². The molecule has 0 spiro atoms. The third-order valence-corrected chi connectivity index (χ3v) is 5.19. The van der Waals surface area contributed by atoms with Crippen LogP contribution in [0, 0.1) is 6.92 Å². The number of pyridine rings is 1. The molecule has 0 saturated carbocycles. The summed E-state index contributed by atoms with van der Waals surface area (Å²) in [5.74, 6) is 0.671. The fraction of sp³-hybridized carbons (Fsp3) is 0.400. The molecule has 1 aromatic carbocycles. The van der Waals surface area contributed by atoms with Gasteiger partial charge in [-0.2, -0.15) is 0 Å². The predicted octanol–water partition coefficient (Wildman–Crippen LogP) is 2.68. The van der Waals surface area contributed by atoms with E-state index in [-0.39, 0.29) is 12.1 Å². The zero-order valence-electron chi connectivity index (χ0n) is 16.8. The van der Waals surface area contributed by atoms with E-state index in [0.717, 1.165) is 23.4 Å². The molecule has 2 heterocycles. The van der Waals surface area contributed by atoms with Gasteiger partial charge in [0.05, 0.1) is 13.2 Å². The van der Waals surface area contributed by atoms with Crippen molar-refractivity contribution in [3.8, 4) is 5.88 Å². The quantitative estimate of drug-likeness (QED) is 0.343. The van der Waals surface area contributed by atoms with Crippen LogP contribution in [-0.2, 0) is 0 Å². The van der Waals surface area contributed by atoms with Gasteiger partial charge in [-0.3, -0.25) is 5.21 Å². The van der Waals surface area contributed by atoms with Crippen molar-refractivity contribution in [3.05, 3.63) is 52.2 Å². The van der Waals surface area contributed by atoms with Crippen molar-refractivity contribution in [3.63, 3.8) is 0 Å². The van der Waals surface area contributed by atoms with Crippen LogP contribution in [0.2, 0.25) is 5.02 Å². The van der Waals surface area contributed by atoms with Gasteiger partial charge < -0.3 is 20.7 Å². The number of aromatic nitrogens is 1. The highest BCUT2D eigenvalue weighted by Gasteiger charge is 2.27. The average molecular weight is 419 g/mol. The molecule has 3 rings (SSSR count). The Hall–Kier alpha value is -2.39. The minimum Gasteiger partial charge on any atom is -0.479 e. The van der Waals surface area contributed by atoms with E-state index in [9.17, 15) is 5.21 Å². The van der Waals surface area contributed by atoms with Crippen molar-refractivity contribution in [2.45, 2.75) is 25.9 Å². The number of nitrogens with one attached hydrogen (secondary N) is 2. The molecule has 156 valence electrons. The topological polar surface area (TPSA) is 108 Å². The number of benzene rings is 1. The number of nitrogens with zero attached hydrogens (tertiary/aromatic N) is 3. The Morgan fingerprint density at radius 3 is 2.93 bits per heavy atom. The van der Waals surface area contributed by atoms with Crippen molar-refractivity contribution in [1.29, 1.82) is 0 Å². The highest BCUT2D eigenvalue weighted by atomic mass is 35.5. The molecule has 1 aromatic heterocycles. The molecule has 1 aliphatic rings. The summed E-state index contributed by atoms with van der Waals surface area (Å²) in [6, 6.07) is 9.26. The first-order valence-electron chi connectivity index (χ1n) is 9.47. The lowest BCUT2D eigenvalue weighted by atomic mass is 10.0. The number of ether oxygens (including phenoxy) is 1. The van der Waals surface area contributed by atoms with Crippen LogP contribution in [0.15, 0.2) is 35.3 Å². The van der Waals surface area contributed by atoms with Crippen LogP contribution in [0.5, 0.6) is 5.88 Å². The second-order valence-electron chi connectivity index (χ2n) is 7.00. The summed E-state index contributed by atoms with van der Waals surface area (Å²) in [4.78, 5) is 11.1. The first kappa shape index (κ1) is 21.3. The minimum atomic E-state index is -0.203. The maximum Gasteiger partial charge on any atom is 0.240 e. The maximum atomic E-state index is 9.90. The number of rotatable bonds is 4. The van der Waals surface area contributed by atoms with Gasteiger partial charge in [-0.1, -0.05) is 23.7 Å². The largest absolute Gasteiger partial charge is 0.479 e. The predicted molar refractivity (Wildman–Crippen MR) is 114 cm³/mol. The van der Waals surface area contributed by atoms with Gasteiger partial charge in [0.25, 0.3) is 0 Å². The molecule has 29 heavy (non-hydrogen) atoms. The molecule has 8 nitrogen and oxygen atoms in total. The summed E-state index contributed by atoms with van der Waals surface area (Å²) < 4.78 is 5.40. The van der Waals surface area contributed by atoms with Crippen molar-refractivity contribution in [1.82, 2.24) is 20.7 Å². The number of hydrogen-bond acceptors (Lipinski definition) is 6. The lowest BCUT2D eigenvalue weighted by Gasteiger charge is -2.38. The van der Waals surface area contributed by atoms with Gasteiger partial charge in [-0.05, 0) is 43.2 Å². The second kappa shape index (κ2) is 9.41. The molecule has 5 N–H and O–H groups in total. The number of aryl methyl sites for hydroxylation is 1. The van der Waals surface area contributed by atoms with Crippen molar-refractivity contribution >= 4 is 23.2 Å². The smallest absolute Gasteiger partial charge is 0.240 e. The molecule has 1 saturated heterocycles. The fourth-order valence-electron chi connectivity index (χ4n) is 3.52. The molecule has 1 aliphatic heterocycles. The van der Waals surface area contributed by atoms with Crippen LogP contribution in [0.4, 0.5) is 5.69 Å². The summed E-state index contributed by atoms with van der Waals surface area (Å²) in [5.41, 5.74) is 11.5. The monoisotopic (exact) mass is 418 g/mol. The van der Waals surface area contributed by atoms with E-state index in [1.807, 2.05) is 49.1 Å². The van der Waals surface area contributed by atoms with Crippen molar-refractivity contribution in [2.75, 3.05) is 26.7 Å². The fourth-order valence-corrected chi connectivity index (χ4v) is 3.71. The van der Waals surface area contributed by atoms with E-state index in [4.69, 9.17) is 22.1 Å². The van der Waals surface area contributed by atoms with Crippen LogP contribution in [0.3, 0.4) is 0 Å². The van der Waals surface area contributed by atoms with E-state index >= 15 is 0 Å². The van der Waals surface area contributed by atoms with Gasteiger partial charge in [0.2, 0.25) is 11.8 Å². The van der Waals surface area contributed by atoms with Gasteiger partial charge in [-0.15, -0.1) is 0 Å². The lowest BCUT2D eigenvalue weighted by Crippen LogP contribution is -2.52. The van der Waals surface area contributed by atoms with Gasteiger partial charge in [-0.25, -0.2) is 15.5 Å². The molecule has 0 amide bonds. The second-order valence-corrected chi connectivity index (χ2v) is 7.43. The number of guanidine groups is 1. The summed E-state index contributed by atoms with van der Waals surface area (Å²) in [6.45, 7) is 5.86. The first-order chi connectivity index (χ1) is 13.9. The number of piperazine rings is 1. The Bertz CT molecular complexity index is 889. The van der Waals surface area contributed by atoms with E-state index in [1.165, 1.54) is 7.11 Å². The number of methoxy groups -OCH3 is 1. The molecule has 1 fully saturated rings. The molecule has 0 bridgehead atoms. The Labute approximate surface area is 175 Å². The molecule has 0 aliphatic carbocycles. The lowest BCUT2D eigenvalue weighted by molar-refractivity contribution is 0.181. The molecule has 2 aromatic rings. The highest BCUT2D eigenvalue weighted by molar-refractivity contribution is 6.30. The highest BCUT2D eigenvalue weighted by Crippen LogP contribution is 2.31. The summed E-state index contributed by atoms with van der Waals surface area (Å²) in [5, 5.41) is 13.9. The maximum absolute atomic E-state index is 9.90. The van der Waals surface area contributed by atoms with E-state index < -0.39 is 0 Å². The Kier molecular flexibility index (Phi) is 6.92. The van der Waals surface area contributed by atoms with Crippen LogP contribution in [0.25, 0.3) is 0 Å². The standard InChI is InChI=1S/C20H27ClN6O2/c1-12(22)16-10-17(19(29-3)24-13(16)2)25-20(26-28)27-8-7-23-11-18(27)14-5-4-6-15(21)9-14/h4-6,9-10,12,18,23,28H,7-8,11,22H2,1-3H3,(H,25,26). The summed E-state index contributed by atoms with van der Waals surface area (Å²) in [7, 11) is 1.54. The number of nitrogens with two attached hydrogens (primary N) is 1. The first-order valence-corrected chi connectivity index (χ1v) is 9.85. The summed E-state index contributed by atoms with van der Waals surface area (Å²) >= 11 is 6.19. The zero-order chi connectivity index (χ0) is 21.0. The molecule has 2 atom stereocenters. The van der Waals surface area contributed by atoms with E-state index in [2.05, 4.69) is 20.8 Å². The van der Waals surface area contributed by atoms with Gasteiger partial charge in [0, 0.05) is 36.4 Å². The third kappa shape index (κ3) is 4.79. The van der Waals surface area contributed by atoms with Gasteiger partial charge in [0.1, 0.15) is 5.69 Å². The SMILES string of the molecule is COc1nc(C)c(C(C)N)cc1N=C(NO)N1CCNCC1c1cccc(Cl)c1.